The Hall–Kier alpha value is -2.89. The number of hydrogen-bond acceptors (Lipinski definition) is 3. The number of para-hydroxylation sites is 1. The van der Waals surface area contributed by atoms with Gasteiger partial charge in [0.1, 0.15) is 11.4 Å². The third kappa shape index (κ3) is 2.31. The number of carbonyl (C=O) groups excluding carboxylic acids is 1. The van der Waals surface area contributed by atoms with Gasteiger partial charge in [0.2, 0.25) is 5.43 Å². The number of nitrogens with one attached hydrogen (secondary N) is 3. The molecule has 3 rings (SSSR count). The highest BCUT2D eigenvalue weighted by molar-refractivity contribution is 6.05. The summed E-state index contributed by atoms with van der Waals surface area (Å²) in [7, 11) is 0. The van der Waals surface area contributed by atoms with Crippen LogP contribution < -0.4 is 10.7 Å². The minimum absolute atomic E-state index is 0.0744. The fourth-order valence-electron chi connectivity index (χ4n) is 2.20. The number of aryl methyl sites for hydroxylation is 1. The smallest absolute Gasteiger partial charge is 0.262 e. The number of anilines is 1. The maximum atomic E-state index is 12.3. The highest BCUT2D eigenvalue weighted by Crippen LogP contribution is 2.13. The molecule has 0 fully saturated rings. The maximum Gasteiger partial charge on any atom is 0.262 e. The Morgan fingerprint density at radius 2 is 2.14 bits per heavy atom. The molecule has 0 saturated heterocycles. The zero-order valence-corrected chi connectivity index (χ0v) is 11.4. The van der Waals surface area contributed by atoms with Crippen LogP contribution >= 0.6 is 0 Å². The molecule has 0 radical (unpaired) electrons. The summed E-state index contributed by atoms with van der Waals surface area (Å²) in [4.78, 5) is 27.6. The zero-order chi connectivity index (χ0) is 14.8. The van der Waals surface area contributed by atoms with Crippen molar-refractivity contribution in [3.05, 3.63) is 58.0 Å². The molecule has 0 unspecified atom stereocenters. The molecule has 6 heteroatoms. The topological polar surface area (TPSA) is 90.6 Å². The summed E-state index contributed by atoms with van der Waals surface area (Å²) in [5.74, 6) is 0.0658. The standard InChI is InChI=1S/C15H14N4O2/c1-2-9-7-17-19-14(9)18-15(21)11-8-16-12-6-4-3-5-10(12)13(11)20/h3-8H,2H2,1H3,(H,16,20)(H2,17,18,19,21). The number of benzene rings is 1. The van der Waals surface area contributed by atoms with Crippen LogP contribution in [0.2, 0.25) is 0 Å². The van der Waals surface area contributed by atoms with Crippen LogP contribution in [0.15, 0.2) is 41.5 Å². The van der Waals surface area contributed by atoms with Crippen LogP contribution in [0.1, 0.15) is 22.8 Å². The van der Waals surface area contributed by atoms with Crippen LogP contribution in [-0.4, -0.2) is 21.1 Å². The van der Waals surface area contributed by atoms with Gasteiger partial charge in [0.25, 0.3) is 5.91 Å². The van der Waals surface area contributed by atoms with Crippen molar-refractivity contribution < 1.29 is 4.79 Å². The number of nitrogens with zero attached hydrogens (tertiary/aromatic N) is 1. The lowest BCUT2D eigenvalue weighted by Gasteiger charge is -2.05. The highest BCUT2D eigenvalue weighted by atomic mass is 16.2. The van der Waals surface area contributed by atoms with Crippen molar-refractivity contribution in [1.29, 1.82) is 0 Å². The number of fused-ring (bicyclic) bond motifs is 1. The molecule has 2 aromatic heterocycles. The minimum atomic E-state index is -0.457. The molecule has 1 amide bonds. The van der Waals surface area contributed by atoms with Gasteiger partial charge in [0.05, 0.1) is 6.20 Å². The summed E-state index contributed by atoms with van der Waals surface area (Å²) in [6.07, 6.45) is 3.82. The fourth-order valence-corrected chi connectivity index (χ4v) is 2.20. The summed E-state index contributed by atoms with van der Waals surface area (Å²) in [5.41, 5.74) is 1.38. The largest absolute Gasteiger partial charge is 0.360 e. The van der Waals surface area contributed by atoms with Gasteiger partial charge < -0.3 is 10.3 Å². The SMILES string of the molecule is CCc1cn[nH]c1NC(=O)c1c[nH]c2ccccc2c1=O. The van der Waals surface area contributed by atoms with Crippen molar-refractivity contribution in [1.82, 2.24) is 15.2 Å². The maximum absolute atomic E-state index is 12.3. The third-order valence-corrected chi connectivity index (χ3v) is 3.37. The average molecular weight is 282 g/mol. The van der Waals surface area contributed by atoms with Crippen LogP contribution in [0.5, 0.6) is 0 Å². The van der Waals surface area contributed by atoms with E-state index in [1.165, 1.54) is 6.20 Å². The van der Waals surface area contributed by atoms with Gasteiger partial charge in [-0.2, -0.15) is 5.10 Å². The van der Waals surface area contributed by atoms with E-state index in [4.69, 9.17) is 0 Å². The van der Waals surface area contributed by atoms with Crippen molar-refractivity contribution in [2.75, 3.05) is 5.32 Å². The van der Waals surface area contributed by atoms with Crippen LogP contribution in [0.4, 0.5) is 5.82 Å². The molecular weight excluding hydrogens is 268 g/mol. The third-order valence-electron chi connectivity index (χ3n) is 3.37. The van der Waals surface area contributed by atoms with E-state index in [0.717, 1.165) is 12.0 Å². The summed E-state index contributed by atoms with van der Waals surface area (Å²) >= 11 is 0. The van der Waals surface area contributed by atoms with E-state index in [2.05, 4.69) is 20.5 Å². The molecule has 0 aliphatic heterocycles. The first-order chi connectivity index (χ1) is 10.2. The molecule has 21 heavy (non-hydrogen) atoms. The van der Waals surface area contributed by atoms with Gasteiger partial charge in [0, 0.05) is 22.7 Å². The predicted molar refractivity (Wildman–Crippen MR) is 80.5 cm³/mol. The van der Waals surface area contributed by atoms with Crippen LogP contribution in [0.3, 0.4) is 0 Å². The van der Waals surface area contributed by atoms with Gasteiger partial charge in [-0.3, -0.25) is 14.7 Å². The van der Waals surface area contributed by atoms with Gasteiger partial charge in [-0.1, -0.05) is 19.1 Å². The second-order valence-corrected chi connectivity index (χ2v) is 4.65. The number of H-pyrrole nitrogens is 2. The van der Waals surface area contributed by atoms with Crippen molar-refractivity contribution in [3.8, 4) is 0 Å². The lowest BCUT2D eigenvalue weighted by Crippen LogP contribution is -2.22. The van der Waals surface area contributed by atoms with E-state index in [1.807, 2.05) is 13.0 Å². The molecule has 0 atom stereocenters. The summed E-state index contributed by atoms with van der Waals surface area (Å²) in [5, 5.41) is 9.78. The molecule has 0 aliphatic carbocycles. The van der Waals surface area contributed by atoms with E-state index >= 15 is 0 Å². The Morgan fingerprint density at radius 1 is 1.33 bits per heavy atom. The van der Waals surface area contributed by atoms with E-state index in [9.17, 15) is 9.59 Å². The Kier molecular flexibility index (Phi) is 3.27. The van der Waals surface area contributed by atoms with Gasteiger partial charge in [-0.25, -0.2) is 0 Å². The molecular formula is C15H14N4O2. The molecule has 2 heterocycles. The van der Waals surface area contributed by atoms with Gasteiger partial charge in [0.15, 0.2) is 0 Å². The van der Waals surface area contributed by atoms with Crippen LogP contribution in [0, 0.1) is 0 Å². The Balaban J connectivity index is 1.99. The van der Waals surface area contributed by atoms with Crippen molar-refractivity contribution in [2.24, 2.45) is 0 Å². The quantitative estimate of drug-likeness (QED) is 0.686. The molecule has 106 valence electrons. The average Bonchev–Trinajstić information content (AvgIpc) is 2.95. The first-order valence-corrected chi connectivity index (χ1v) is 6.64. The number of pyridine rings is 1. The molecule has 3 N–H and O–H groups in total. The van der Waals surface area contributed by atoms with Crippen LogP contribution in [-0.2, 0) is 6.42 Å². The normalized spacial score (nSPS) is 10.7. The van der Waals surface area contributed by atoms with Gasteiger partial charge in [-0.15, -0.1) is 0 Å². The predicted octanol–water partition coefficient (Wildman–Crippen LogP) is 2.07. The molecule has 0 aliphatic rings. The second-order valence-electron chi connectivity index (χ2n) is 4.65. The minimum Gasteiger partial charge on any atom is -0.360 e. The second kappa shape index (κ2) is 5.24. The van der Waals surface area contributed by atoms with E-state index in [1.54, 1.807) is 24.4 Å². The zero-order valence-electron chi connectivity index (χ0n) is 11.4. The number of aromatic nitrogens is 3. The lowest BCUT2D eigenvalue weighted by molar-refractivity contribution is 0.102. The van der Waals surface area contributed by atoms with Crippen molar-refractivity contribution >= 4 is 22.6 Å². The number of hydrogen-bond donors (Lipinski definition) is 3. The number of amides is 1. The molecule has 0 spiro atoms. The van der Waals surface area contributed by atoms with Crippen LogP contribution in [0.25, 0.3) is 10.9 Å². The molecule has 1 aromatic carbocycles. The van der Waals surface area contributed by atoms with Crippen molar-refractivity contribution in [2.45, 2.75) is 13.3 Å². The summed E-state index contributed by atoms with van der Waals surface area (Å²) in [6.45, 7) is 1.96. The molecule has 0 bridgehead atoms. The Bertz CT molecular complexity index is 863. The van der Waals surface area contributed by atoms with E-state index < -0.39 is 5.91 Å². The monoisotopic (exact) mass is 282 g/mol. The summed E-state index contributed by atoms with van der Waals surface area (Å²) < 4.78 is 0. The van der Waals surface area contributed by atoms with Gasteiger partial charge >= 0.3 is 0 Å². The van der Waals surface area contributed by atoms with E-state index in [-0.39, 0.29) is 11.0 Å². The lowest BCUT2D eigenvalue weighted by atomic mass is 10.1. The first kappa shape index (κ1) is 13.1. The Labute approximate surface area is 120 Å². The van der Waals surface area contributed by atoms with Crippen molar-refractivity contribution in [3.63, 3.8) is 0 Å². The number of rotatable bonds is 3. The van der Waals surface area contributed by atoms with E-state index in [0.29, 0.717) is 16.7 Å². The molecule has 6 nitrogen and oxygen atoms in total. The summed E-state index contributed by atoms with van der Waals surface area (Å²) in [6, 6.07) is 7.08. The molecule has 3 aromatic rings. The number of aromatic amines is 2. The van der Waals surface area contributed by atoms with Gasteiger partial charge in [-0.05, 0) is 18.6 Å². The number of carbonyl (C=O) groups is 1. The highest BCUT2D eigenvalue weighted by Gasteiger charge is 2.15. The first-order valence-electron chi connectivity index (χ1n) is 6.64. The molecule has 0 saturated carbocycles. The Morgan fingerprint density at radius 3 is 2.95 bits per heavy atom. The fraction of sp³-hybridized carbons (Fsp3) is 0.133.